The first-order valence-corrected chi connectivity index (χ1v) is 7.68. The van der Waals surface area contributed by atoms with Gasteiger partial charge in [-0.3, -0.25) is 4.79 Å². The summed E-state index contributed by atoms with van der Waals surface area (Å²) >= 11 is 0. The molecule has 0 aromatic heterocycles. The van der Waals surface area contributed by atoms with Crippen molar-refractivity contribution in [3.8, 4) is 0 Å². The Morgan fingerprint density at radius 3 is 2.39 bits per heavy atom. The lowest BCUT2D eigenvalue weighted by Gasteiger charge is -2.34. The van der Waals surface area contributed by atoms with Gasteiger partial charge in [-0.25, -0.2) is 0 Å². The molecule has 1 fully saturated rings. The summed E-state index contributed by atoms with van der Waals surface area (Å²) < 4.78 is 0. The molecule has 1 atom stereocenters. The summed E-state index contributed by atoms with van der Waals surface area (Å²) in [4.78, 5) is 13.2. The van der Waals surface area contributed by atoms with E-state index in [2.05, 4.69) is 19.2 Å². The molecule has 0 bridgehead atoms. The van der Waals surface area contributed by atoms with Crippen LogP contribution in [0.5, 0.6) is 0 Å². The van der Waals surface area contributed by atoms with Gasteiger partial charge in [0.15, 0.2) is 0 Å². The maximum absolute atomic E-state index is 11.3. The fourth-order valence-electron chi connectivity index (χ4n) is 2.80. The van der Waals surface area contributed by atoms with E-state index in [0.29, 0.717) is 12.1 Å². The lowest BCUT2D eigenvalue weighted by Crippen LogP contribution is -2.47. The summed E-state index contributed by atoms with van der Waals surface area (Å²) in [5.74, 6) is 0.226. The molecule has 18 heavy (non-hydrogen) atoms. The number of amides is 1. The van der Waals surface area contributed by atoms with Crippen molar-refractivity contribution >= 4 is 5.91 Å². The predicted octanol–water partition coefficient (Wildman–Crippen LogP) is 2.95. The number of hydrogen-bond donors (Lipinski definition) is 1. The van der Waals surface area contributed by atoms with E-state index >= 15 is 0 Å². The van der Waals surface area contributed by atoms with Crippen LogP contribution in [0, 0.1) is 0 Å². The van der Waals surface area contributed by atoms with E-state index in [0.717, 1.165) is 25.9 Å². The number of rotatable bonds is 7. The van der Waals surface area contributed by atoms with Gasteiger partial charge in [0.1, 0.15) is 0 Å². The van der Waals surface area contributed by atoms with Gasteiger partial charge in [-0.1, -0.05) is 33.1 Å². The Hall–Kier alpha value is -0.570. The second kappa shape index (κ2) is 8.52. The molecule has 0 aliphatic carbocycles. The van der Waals surface area contributed by atoms with Crippen LogP contribution in [0.1, 0.15) is 65.7 Å². The van der Waals surface area contributed by atoms with Crippen LogP contribution in [0.2, 0.25) is 0 Å². The number of hydrogen-bond acceptors (Lipinski definition) is 2. The topological polar surface area (TPSA) is 32.3 Å². The summed E-state index contributed by atoms with van der Waals surface area (Å²) in [5.41, 5.74) is 0. The monoisotopic (exact) mass is 254 g/mol. The Morgan fingerprint density at radius 1 is 1.22 bits per heavy atom. The highest BCUT2D eigenvalue weighted by molar-refractivity contribution is 5.73. The molecule has 1 saturated heterocycles. The number of carbonyl (C=O) groups is 1. The molecule has 1 aliphatic rings. The van der Waals surface area contributed by atoms with E-state index in [1.807, 2.05) is 4.90 Å². The number of piperidine rings is 1. The molecule has 0 aromatic rings. The fourth-order valence-corrected chi connectivity index (χ4v) is 2.80. The summed E-state index contributed by atoms with van der Waals surface area (Å²) in [6.07, 6.45) is 8.68. The molecule has 1 aliphatic heterocycles. The summed E-state index contributed by atoms with van der Waals surface area (Å²) in [6, 6.07) is 1.30. The first-order valence-electron chi connectivity index (χ1n) is 7.68. The lowest BCUT2D eigenvalue weighted by atomic mass is 9.99. The molecule has 1 unspecified atom stereocenters. The largest absolute Gasteiger partial charge is 0.343 e. The predicted molar refractivity (Wildman–Crippen MR) is 76.6 cm³/mol. The summed E-state index contributed by atoms with van der Waals surface area (Å²) in [6.45, 7) is 8.06. The minimum Gasteiger partial charge on any atom is -0.343 e. The third kappa shape index (κ3) is 5.38. The van der Waals surface area contributed by atoms with Crippen molar-refractivity contribution in [2.75, 3.05) is 13.1 Å². The minimum atomic E-state index is 0.226. The van der Waals surface area contributed by atoms with E-state index in [1.165, 1.54) is 32.1 Å². The maximum atomic E-state index is 11.3. The van der Waals surface area contributed by atoms with Crippen LogP contribution in [0.3, 0.4) is 0 Å². The molecule has 0 aromatic carbocycles. The van der Waals surface area contributed by atoms with Gasteiger partial charge in [0.25, 0.3) is 0 Å². The van der Waals surface area contributed by atoms with Gasteiger partial charge in [-0.2, -0.15) is 0 Å². The van der Waals surface area contributed by atoms with Gasteiger partial charge in [-0.05, 0) is 25.7 Å². The standard InChI is InChI=1S/C15H30N2O/c1-4-6-8-14(7-5-2)16-15-9-11-17(12-10-15)13(3)18/h14-16H,4-12H2,1-3H3. The zero-order valence-corrected chi connectivity index (χ0v) is 12.4. The molecule has 3 nitrogen and oxygen atoms in total. The maximum Gasteiger partial charge on any atom is 0.219 e. The van der Waals surface area contributed by atoms with E-state index in [-0.39, 0.29) is 5.91 Å². The number of nitrogens with one attached hydrogen (secondary N) is 1. The Labute approximate surface area is 112 Å². The van der Waals surface area contributed by atoms with Crippen molar-refractivity contribution < 1.29 is 4.79 Å². The van der Waals surface area contributed by atoms with Gasteiger partial charge in [0.2, 0.25) is 5.91 Å². The Kier molecular flexibility index (Phi) is 7.33. The van der Waals surface area contributed by atoms with Crippen LogP contribution in [0.4, 0.5) is 0 Å². The van der Waals surface area contributed by atoms with Gasteiger partial charge >= 0.3 is 0 Å². The van der Waals surface area contributed by atoms with E-state index in [9.17, 15) is 4.79 Å². The van der Waals surface area contributed by atoms with Crippen molar-refractivity contribution in [3.05, 3.63) is 0 Å². The van der Waals surface area contributed by atoms with Crippen LogP contribution in [0.15, 0.2) is 0 Å². The Balaban J connectivity index is 2.30. The van der Waals surface area contributed by atoms with Crippen LogP contribution in [-0.2, 0) is 4.79 Å². The van der Waals surface area contributed by atoms with Gasteiger partial charge < -0.3 is 10.2 Å². The molecule has 0 radical (unpaired) electrons. The SMILES string of the molecule is CCCCC(CCC)NC1CCN(C(C)=O)CC1. The van der Waals surface area contributed by atoms with Gasteiger partial charge in [-0.15, -0.1) is 0 Å². The molecular formula is C15H30N2O. The zero-order chi connectivity index (χ0) is 13.4. The lowest BCUT2D eigenvalue weighted by molar-refractivity contribution is -0.129. The van der Waals surface area contributed by atoms with Crippen molar-refractivity contribution in [1.29, 1.82) is 0 Å². The van der Waals surface area contributed by atoms with Crippen molar-refractivity contribution in [1.82, 2.24) is 10.2 Å². The smallest absolute Gasteiger partial charge is 0.219 e. The van der Waals surface area contributed by atoms with Gasteiger partial charge in [0, 0.05) is 32.1 Å². The third-order valence-corrected chi connectivity index (χ3v) is 3.95. The second-order valence-electron chi connectivity index (χ2n) is 5.57. The normalized spacial score (nSPS) is 18.9. The van der Waals surface area contributed by atoms with E-state index < -0.39 is 0 Å². The fraction of sp³-hybridized carbons (Fsp3) is 0.933. The molecule has 1 heterocycles. The van der Waals surface area contributed by atoms with E-state index in [4.69, 9.17) is 0 Å². The average Bonchev–Trinajstić information content (AvgIpc) is 2.37. The van der Waals surface area contributed by atoms with Gasteiger partial charge in [0.05, 0.1) is 0 Å². The van der Waals surface area contributed by atoms with Crippen molar-refractivity contribution in [2.45, 2.75) is 77.8 Å². The molecule has 0 spiro atoms. The molecule has 1 N–H and O–H groups in total. The summed E-state index contributed by atoms with van der Waals surface area (Å²) in [5, 5.41) is 3.81. The highest BCUT2D eigenvalue weighted by Crippen LogP contribution is 2.14. The molecule has 1 amide bonds. The number of nitrogens with zero attached hydrogens (tertiary/aromatic N) is 1. The highest BCUT2D eigenvalue weighted by atomic mass is 16.2. The van der Waals surface area contributed by atoms with E-state index in [1.54, 1.807) is 6.92 Å². The minimum absolute atomic E-state index is 0.226. The first kappa shape index (κ1) is 15.5. The van der Waals surface area contributed by atoms with Crippen LogP contribution in [-0.4, -0.2) is 36.0 Å². The van der Waals surface area contributed by atoms with Crippen LogP contribution < -0.4 is 5.32 Å². The Bertz CT molecular complexity index is 235. The number of unbranched alkanes of at least 4 members (excludes halogenated alkanes) is 1. The second-order valence-corrected chi connectivity index (χ2v) is 5.57. The molecular weight excluding hydrogens is 224 g/mol. The quantitative estimate of drug-likeness (QED) is 0.757. The molecule has 106 valence electrons. The highest BCUT2D eigenvalue weighted by Gasteiger charge is 2.22. The molecule has 3 heteroatoms. The first-order chi connectivity index (χ1) is 8.67. The molecule has 1 rings (SSSR count). The number of likely N-dealkylation sites (tertiary alicyclic amines) is 1. The van der Waals surface area contributed by atoms with Crippen molar-refractivity contribution in [2.24, 2.45) is 0 Å². The summed E-state index contributed by atoms with van der Waals surface area (Å²) in [7, 11) is 0. The van der Waals surface area contributed by atoms with Crippen molar-refractivity contribution in [3.63, 3.8) is 0 Å². The number of carbonyl (C=O) groups excluding carboxylic acids is 1. The Morgan fingerprint density at radius 2 is 1.89 bits per heavy atom. The average molecular weight is 254 g/mol. The van der Waals surface area contributed by atoms with Crippen LogP contribution >= 0.6 is 0 Å². The third-order valence-electron chi connectivity index (χ3n) is 3.95. The van der Waals surface area contributed by atoms with Crippen LogP contribution in [0.25, 0.3) is 0 Å². The zero-order valence-electron chi connectivity index (χ0n) is 12.4. The molecule has 0 saturated carbocycles.